The normalized spacial score (nSPS) is 22.8. The highest BCUT2D eigenvalue weighted by Crippen LogP contribution is 2.49. The molecule has 426 valence electrons. The van der Waals surface area contributed by atoms with Crippen molar-refractivity contribution in [3.63, 3.8) is 0 Å². The van der Waals surface area contributed by atoms with Crippen LogP contribution in [-0.2, 0) is 70.4 Å². The van der Waals surface area contributed by atoms with E-state index in [0.29, 0.717) is 49.9 Å². The Morgan fingerprint density at radius 2 is 0.861 bits per heavy atom. The van der Waals surface area contributed by atoms with Crippen LogP contribution in [-0.4, -0.2) is 61.7 Å². The first-order valence-corrected chi connectivity index (χ1v) is 24.5. The summed E-state index contributed by atoms with van der Waals surface area (Å²) in [5.41, 5.74) is -4.25. The topological polar surface area (TPSA) is 189 Å². The summed E-state index contributed by atoms with van der Waals surface area (Å²) in [6.45, 7) is 2.65. The molecule has 79 heavy (non-hydrogen) atoms. The summed E-state index contributed by atoms with van der Waals surface area (Å²) >= 11 is 0. The van der Waals surface area contributed by atoms with E-state index >= 15 is 0 Å². The molecule has 6 aromatic rings. The average Bonchev–Trinajstić information content (AvgIpc) is 4.30. The Morgan fingerprint density at radius 3 is 1.14 bits per heavy atom. The summed E-state index contributed by atoms with van der Waals surface area (Å²) in [6.07, 6.45) is -18.0. The molecule has 8 rings (SSSR count). The van der Waals surface area contributed by atoms with Crippen LogP contribution < -0.4 is 17.1 Å². The molecule has 2 saturated carbocycles. The first kappa shape index (κ1) is 59.4. The number of nitrogens with two attached hydrogens (primary N) is 1. The van der Waals surface area contributed by atoms with E-state index in [1.54, 1.807) is 36.4 Å². The zero-order valence-electron chi connectivity index (χ0n) is 42.4. The first-order valence-electron chi connectivity index (χ1n) is 24.5. The summed E-state index contributed by atoms with van der Waals surface area (Å²) in [7, 11) is 1.21. The van der Waals surface area contributed by atoms with E-state index in [9.17, 15) is 71.9 Å². The Morgan fingerprint density at radius 1 is 0.544 bits per heavy atom. The third-order valence-corrected chi connectivity index (χ3v) is 15.3. The Bertz CT molecular complexity index is 3120. The number of primary amides is 1. The number of methoxy groups -OCH3 is 1. The minimum absolute atomic E-state index is 0.0622. The lowest BCUT2D eigenvalue weighted by atomic mass is 9.64. The van der Waals surface area contributed by atoms with Crippen LogP contribution in [0.25, 0.3) is 0 Å². The van der Waals surface area contributed by atoms with Crippen molar-refractivity contribution < 1.29 is 76.5 Å². The fourth-order valence-electron chi connectivity index (χ4n) is 10.5. The molecule has 0 aliphatic heterocycles. The maximum atomic E-state index is 13.4. The molecule has 2 atom stereocenters. The van der Waals surface area contributed by atoms with Crippen molar-refractivity contribution >= 4 is 11.9 Å². The molecule has 2 fully saturated rings. The van der Waals surface area contributed by atoms with Crippen LogP contribution in [0.4, 0.5) is 52.7 Å². The van der Waals surface area contributed by atoms with E-state index in [0.717, 1.165) is 15.7 Å². The SMILES string of the molecule is COC(=O)C1(n2cn[nH]c2=O)CCC(CO[C@H](C)c2cc(C(F)(F)F)cc(C(F)(F)F)c2)(c2ccccc2)CC1.C[C@@H](OCC1(c2ccccc2)CCC(C(N)=O)(n2cn[nH]c2=O)CC1)c1cc(C(F)(F)F)cc(C(F)(F)F)c1. The zero-order valence-corrected chi connectivity index (χ0v) is 42.4. The number of ether oxygens (including phenoxy) is 3. The molecule has 2 heterocycles. The van der Waals surface area contributed by atoms with Gasteiger partial charge in [-0.25, -0.2) is 24.6 Å². The average molecular weight is 1130 g/mol. The Labute approximate surface area is 442 Å². The fourth-order valence-corrected chi connectivity index (χ4v) is 10.5. The lowest BCUT2D eigenvalue weighted by molar-refractivity contribution is -0.155. The third kappa shape index (κ3) is 12.6. The molecule has 0 unspecified atom stereocenters. The number of carbonyl (C=O) groups is 2. The van der Waals surface area contributed by atoms with Gasteiger partial charge in [0.1, 0.15) is 23.7 Å². The number of hydrogen-bond donors (Lipinski definition) is 3. The van der Waals surface area contributed by atoms with Crippen LogP contribution in [0.1, 0.15) is 122 Å². The summed E-state index contributed by atoms with van der Waals surface area (Å²) < 4.78 is 180. The minimum Gasteiger partial charge on any atom is -0.467 e. The molecular weight excluding hydrogens is 1070 g/mol. The van der Waals surface area contributed by atoms with Gasteiger partial charge in [-0.3, -0.25) is 13.9 Å². The number of esters is 1. The largest absolute Gasteiger partial charge is 0.467 e. The number of H-pyrrole nitrogens is 2. The number of amides is 1. The van der Waals surface area contributed by atoms with Gasteiger partial charge in [-0.1, -0.05) is 60.7 Å². The van der Waals surface area contributed by atoms with Gasteiger partial charge < -0.3 is 19.9 Å². The Balaban J connectivity index is 0.000000229. The molecule has 4 N–H and O–H groups in total. The van der Waals surface area contributed by atoms with Gasteiger partial charge in [-0.15, -0.1) is 0 Å². The molecule has 0 spiro atoms. The number of nitrogens with zero attached hydrogens (tertiary/aromatic N) is 4. The molecule has 2 aromatic heterocycles. The van der Waals surface area contributed by atoms with E-state index in [-0.39, 0.29) is 62.2 Å². The highest BCUT2D eigenvalue weighted by molar-refractivity contribution is 5.83. The molecule has 0 radical (unpaired) electrons. The lowest BCUT2D eigenvalue weighted by Gasteiger charge is -2.45. The van der Waals surface area contributed by atoms with Gasteiger partial charge in [-0.2, -0.15) is 62.9 Å². The van der Waals surface area contributed by atoms with Crippen molar-refractivity contribution in [1.82, 2.24) is 29.5 Å². The van der Waals surface area contributed by atoms with E-state index in [4.69, 9.17) is 19.9 Å². The molecule has 2 aliphatic carbocycles. The van der Waals surface area contributed by atoms with Crippen molar-refractivity contribution in [1.29, 1.82) is 0 Å². The number of benzene rings is 4. The van der Waals surface area contributed by atoms with Crippen LogP contribution >= 0.6 is 0 Å². The highest BCUT2D eigenvalue weighted by Gasteiger charge is 2.52. The second-order valence-corrected chi connectivity index (χ2v) is 19.9. The van der Waals surface area contributed by atoms with E-state index < -0.39 is 104 Å². The Kier molecular flexibility index (Phi) is 16.9. The second kappa shape index (κ2) is 22.5. The van der Waals surface area contributed by atoms with Crippen molar-refractivity contribution in [2.24, 2.45) is 5.73 Å². The van der Waals surface area contributed by atoms with Gasteiger partial charge in [0, 0.05) is 10.8 Å². The van der Waals surface area contributed by atoms with Gasteiger partial charge in [0.25, 0.3) is 0 Å². The van der Waals surface area contributed by atoms with Crippen molar-refractivity contribution in [2.75, 3.05) is 20.3 Å². The molecule has 0 saturated heterocycles. The minimum atomic E-state index is -4.98. The van der Waals surface area contributed by atoms with Crippen LogP contribution in [0.15, 0.2) is 119 Å². The predicted molar refractivity (Wildman–Crippen MR) is 258 cm³/mol. The van der Waals surface area contributed by atoms with E-state index in [2.05, 4.69) is 20.4 Å². The van der Waals surface area contributed by atoms with Crippen molar-refractivity contribution in [3.05, 3.63) is 175 Å². The quantitative estimate of drug-likeness (QED) is 0.0704. The van der Waals surface area contributed by atoms with Gasteiger partial charge in [0.15, 0.2) is 0 Å². The van der Waals surface area contributed by atoms with Crippen LogP contribution in [0.2, 0.25) is 0 Å². The maximum Gasteiger partial charge on any atom is 0.416 e. The number of nitrogens with one attached hydrogen (secondary N) is 2. The molecule has 4 aromatic carbocycles. The third-order valence-electron chi connectivity index (χ3n) is 15.3. The zero-order chi connectivity index (χ0) is 58.0. The van der Waals surface area contributed by atoms with E-state index in [1.807, 2.05) is 24.3 Å². The Hall–Kier alpha value is -7.22. The lowest BCUT2D eigenvalue weighted by Crippen LogP contribution is -2.55. The van der Waals surface area contributed by atoms with Gasteiger partial charge in [0.05, 0.1) is 54.8 Å². The van der Waals surface area contributed by atoms with Crippen LogP contribution in [0, 0.1) is 0 Å². The molecular formula is C53H53F12N7O7. The van der Waals surface area contributed by atoms with Gasteiger partial charge in [0.2, 0.25) is 5.91 Å². The van der Waals surface area contributed by atoms with Gasteiger partial charge >= 0.3 is 42.1 Å². The monoisotopic (exact) mass is 1130 g/mol. The van der Waals surface area contributed by atoms with Crippen molar-refractivity contribution in [2.45, 2.75) is 124 Å². The molecule has 26 heteroatoms. The predicted octanol–water partition coefficient (Wildman–Crippen LogP) is 10.8. The first-order chi connectivity index (χ1) is 36.9. The number of alkyl halides is 12. The number of aromatic nitrogens is 6. The summed E-state index contributed by atoms with van der Waals surface area (Å²) in [5.74, 6) is -1.35. The number of halogens is 12. The summed E-state index contributed by atoms with van der Waals surface area (Å²) in [5, 5.41) is 11.9. The fraction of sp³-hybridized carbons (Fsp3) is 0.434. The van der Waals surface area contributed by atoms with Crippen molar-refractivity contribution in [3.8, 4) is 0 Å². The number of carbonyl (C=O) groups excluding carboxylic acids is 2. The number of aromatic amines is 2. The summed E-state index contributed by atoms with van der Waals surface area (Å²) in [6, 6.07) is 20.9. The second-order valence-electron chi connectivity index (χ2n) is 19.9. The van der Waals surface area contributed by atoms with E-state index in [1.165, 1.54) is 38.2 Å². The number of rotatable bonds is 14. The smallest absolute Gasteiger partial charge is 0.416 e. The highest BCUT2D eigenvalue weighted by atomic mass is 19.4. The molecule has 14 nitrogen and oxygen atoms in total. The van der Waals surface area contributed by atoms with Gasteiger partial charge in [-0.05, 0) is 124 Å². The van der Waals surface area contributed by atoms with Crippen LogP contribution in [0.3, 0.4) is 0 Å². The molecule has 2 aliphatic rings. The summed E-state index contributed by atoms with van der Waals surface area (Å²) in [4.78, 5) is 50.2. The molecule has 1 amide bonds. The number of hydrogen-bond acceptors (Lipinski definition) is 9. The maximum absolute atomic E-state index is 13.4. The van der Waals surface area contributed by atoms with Crippen LogP contribution in [0.5, 0.6) is 0 Å². The molecule has 0 bridgehead atoms. The standard InChI is InChI=1S/C27H27F6N3O4.C26H26F6N4O3/c1-17(18-12-20(26(28,29)30)14-21(13-18)27(31,32)33)40-15-24(19-6-4-3-5-7-19)8-10-25(11-9-24,22(37)39-2)36-16-34-35-23(36)38;1-16(17-11-19(25(27,28)29)13-20(12-17)26(30,31)32)39-14-23(18-5-3-2-4-6-18)7-9-24(10-8-23,21(33)37)36-15-34-35-22(36)38/h3-7,12-14,16-17H,8-11,15H2,1-2H3,(H,35,38);2-6,11-13,15-16H,7-10,14H2,1H3,(H2,33,37)(H,35,38)/t17-,24?,25?;16-,23?,24?/m11/s1.